The van der Waals surface area contributed by atoms with Crippen molar-refractivity contribution in [2.45, 2.75) is 6.92 Å². The molecular weight excluding hydrogens is 192 g/mol. The highest BCUT2D eigenvalue weighted by atomic mass is 16.5. The number of phenols is 1. The summed E-state index contributed by atoms with van der Waals surface area (Å²) in [5, 5.41) is 12.9. The predicted molar refractivity (Wildman–Crippen MR) is 56.1 cm³/mol. The van der Waals surface area contributed by atoms with Crippen molar-refractivity contribution in [3.05, 3.63) is 41.5 Å². The molecule has 2 aromatic rings. The highest BCUT2D eigenvalue weighted by Crippen LogP contribution is 2.13. The van der Waals surface area contributed by atoms with E-state index < -0.39 is 0 Å². The van der Waals surface area contributed by atoms with Gasteiger partial charge in [-0.1, -0.05) is 17.3 Å². The van der Waals surface area contributed by atoms with E-state index in [0.717, 1.165) is 5.56 Å². The standard InChI is InChI=1S/C11H10N2O2/c1-8-12-11(15-13-8)6-5-9-3-2-4-10(14)7-9/h2-7,14H,1H3. The zero-order chi connectivity index (χ0) is 10.7. The topological polar surface area (TPSA) is 59.2 Å². The summed E-state index contributed by atoms with van der Waals surface area (Å²) in [6.07, 6.45) is 3.50. The number of aromatic nitrogens is 2. The molecule has 1 N–H and O–H groups in total. The average molecular weight is 202 g/mol. The van der Waals surface area contributed by atoms with Gasteiger partial charge in [0.2, 0.25) is 0 Å². The van der Waals surface area contributed by atoms with Crippen LogP contribution in [0, 0.1) is 6.92 Å². The number of nitrogens with zero attached hydrogens (tertiary/aromatic N) is 2. The van der Waals surface area contributed by atoms with Crippen molar-refractivity contribution >= 4 is 12.2 Å². The summed E-state index contributed by atoms with van der Waals surface area (Å²) in [6, 6.07) is 6.92. The van der Waals surface area contributed by atoms with Crippen LogP contribution in [0.1, 0.15) is 17.3 Å². The lowest BCUT2D eigenvalue weighted by Crippen LogP contribution is -1.74. The first-order chi connectivity index (χ1) is 7.24. The normalized spacial score (nSPS) is 11.0. The Morgan fingerprint density at radius 3 is 2.87 bits per heavy atom. The molecule has 4 nitrogen and oxygen atoms in total. The molecule has 0 atom stereocenters. The molecule has 76 valence electrons. The van der Waals surface area contributed by atoms with Crippen molar-refractivity contribution < 1.29 is 9.63 Å². The second kappa shape index (κ2) is 3.96. The molecule has 0 spiro atoms. The monoisotopic (exact) mass is 202 g/mol. The van der Waals surface area contributed by atoms with Gasteiger partial charge in [-0.25, -0.2) is 0 Å². The Morgan fingerprint density at radius 1 is 1.33 bits per heavy atom. The van der Waals surface area contributed by atoms with Gasteiger partial charge >= 0.3 is 0 Å². The molecule has 1 heterocycles. The van der Waals surface area contributed by atoms with Crippen LogP contribution in [0.5, 0.6) is 5.75 Å². The summed E-state index contributed by atoms with van der Waals surface area (Å²) in [5.74, 6) is 1.29. The number of phenolic OH excluding ortho intramolecular Hbond substituents is 1. The van der Waals surface area contributed by atoms with Crippen LogP contribution < -0.4 is 0 Å². The Hall–Kier alpha value is -2.10. The summed E-state index contributed by atoms with van der Waals surface area (Å²) >= 11 is 0. The molecule has 15 heavy (non-hydrogen) atoms. The third-order valence-electron chi connectivity index (χ3n) is 1.83. The Balaban J connectivity index is 2.18. The van der Waals surface area contributed by atoms with Gasteiger partial charge in [-0.15, -0.1) is 0 Å². The Morgan fingerprint density at radius 2 is 2.20 bits per heavy atom. The van der Waals surface area contributed by atoms with Gasteiger partial charge < -0.3 is 9.63 Å². The molecule has 0 aliphatic carbocycles. The Labute approximate surface area is 86.9 Å². The van der Waals surface area contributed by atoms with Gasteiger partial charge in [0.15, 0.2) is 5.82 Å². The van der Waals surface area contributed by atoms with Crippen LogP contribution >= 0.6 is 0 Å². The van der Waals surface area contributed by atoms with Crippen LogP contribution in [0.25, 0.3) is 12.2 Å². The maximum absolute atomic E-state index is 9.23. The van der Waals surface area contributed by atoms with Crippen LogP contribution in [0.4, 0.5) is 0 Å². The zero-order valence-electron chi connectivity index (χ0n) is 8.21. The first-order valence-electron chi connectivity index (χ1n) is 4.51. The summed E-state index contributed by atoms with van der Waals surface area (Å²) in [6.45, 7) is 1.76. The van der Waals surface area contributed by atoms with E-state index in [1.165, 1.54) is 0 Å². The van der Waals surface area contributed by atoms with Gasteiger partial charge in [0.25, 0.3) is 5.89 Å². The van der Waals surface area contributed by atoms with E-state index in [1.54, 1.807) is 37.3 Å². The van der Waals surface area contributed by atoms with E-state index in [0.29, 0.717) is 11.7 Å². The minimum atomic E-state index is 0.235. The Bertz CT molecular complexity index is 489. The number of rotatable bonds is 2. The molecule has 0 amide bonds. The van der Waals surface area contributed by atoms with E-state index in [1.807, 2.05) is 6.07 Å². The van der Waals surface area contributed by atoms with Crippen LogP contribution in [0.15, 0.2) is 28.8 Å². The van der Waals surface area contributed by atoms with Crippen molar-refractivity contribution in [2.24, 2.45) is 0 Å². The van der Waals surface area contributed by atoms with Crippen molar-refractivity contribution in [1.82, 2.24) is 10.1 Å². The smallest absolute Gasteiger partial charge is 0.250 e. The molecule has 0 bridgehead atoms. The summed E-state index contributed by atoms with van der Waals surface area (Å²) in [5.41, 5.74) is 0.880. The first-order valence-corrected chi connectivity index (χ1v) is 4.51. The lowest BCUT2D eigenvalue weighted by atomic mass is 10.2. The fourth-order valence-corrected chi connectivity index (χ4v) is 1.18. The molecule has 0 radical (unpaired) electrons. The largest absolute Gasteiger partial charge is 0.508 e. The van der Waals surface area contributed by atoms with E-state index in [-0.39, 0.29) is 5.75 Å². The number of aromatic hydroxyl groups is 1. The minimum Gasteiger partial charge on any atom is -0.508 e. The zero-order valence-corrected chi connectivity index (χ0v) is 8.21. The number of aryl methyl sites for hydroxylation is 1. The lowest BCUT2D eigenvalue weighted by molar-refractivity contribution is 0.405. The lowest BCUT2D eigenvalue weighted by Gasteiger charge is -1.92. The van der Waals surface area contributed by atoms with Gasteiger partial charge in [0.05, 0.1) is 0 Å². The van der Waals surface area contributed by atoms with E-state index >= 15 is 0 Å². The Kier molecular flexibility index (Phi) is 2.49. The van der Waals surface area contributed by atoms with Crippen LogP contribution in [-0.2, 0) is 0 Å². The van der Waals surface area contributed by atoms with Gasteiger partial charge in [0.1, 0.15) is 5.75 Å². The third kappa shape index (κ3) is 2.43. The summed E-state index contributed by atoms with van der Waals surface area (Å²) < 4.78 is 4.91. The molecule has 1 aromatic heterocycles. The van der Waals surface area contributed by atoms with Gasteiger partial charge in [-0.2, -0.15) is 4.98 Å². The molecule has 0 saturated heterocycles. The molecule has 0 unspecified atom stereocenters. The van der Waals surface area contributed by atoms with Gasteiger partial charge in [0, 0.05) is 6.08 Å². The number of hydrogen-bond acceptors (Lipinski definition) is 4. The van der Waals surface area contributed by atoms with Crippen molar-refractivity contribution in [3.63, 3.8) is 0 Å². The molecule has 0 aliphatic rings. The fraction of sp³-hybridized carbons (Fsp3) is 0.0909. The van der Waals surface area contributed by atoms with E-state index in [4.69, 9.17) is 4.52 Å². The molecular formula is C11H10N2O2. The van der Waals surface area contributed by atoms with Crippen LogP contribution in [0.3, 0.4) is 0 Å². The fourth-order valence-electron chi connectivity index (χ4n) is 1.18. The van der Waals surface area contributed by atoms with Gasteiger partial charge in [-0.05, 0) is 30.7 Å². The van der Waals surface area contributed by atoms with Crippen molar-refractivity contribution in [3.8, 4) is 5.75 Å². The highest BCUT2D eigenvalue weighted by molar-refractivity contribution is 5.66. The van der Waals surface area contributed by atoms with E-state index in [9.17, 15) is 5.11 Å². The van der Waals surface area contributed by atoms with E-state index in [2.05, 4.69) is 10.1 Å². The average Bonchev–Trinajstić information content (AvgIpc) is 2.62. The molecule has 0 saturated carbocycles. The second-order valence-electron chi connectivity index (χ2n) is 3.11. The minimum absolute atomic E-state index is 0.235. The first kappa shape index (κ1) is 9.45. The van der Waals surface area contributed by atoms with Crippen molar-refractivity contribution in [1.29, 1.82) is 0 Å². The number of hydrogen-bond donors (Lipinski definition) is 1. The SMILES string of the molecule is Cc1noc(C=Cc2cccc(O)c2)n1. The second-order valence-corrected chi connectivity index (χ2v) is 3.11. The molecule has 4 heteroatoms. The van der Waals surface area contributed by atoms with Crippen LogP contribution in [-0.4, -0.2) is 15.2 Å². The molecule has 1 aromatic carbocycles. The molecule has 0 aliphatic heterocycles. The quantitative estimate of drug-likeness (QED) is 0.811. The maximum Gasteiger partial charge on any atom is 0.250 e. The predicted octanol–water partition coefficient (Wildman–Crippen LogP) is 2.25. The summed E-state index contributed by atoms with van der Waals surface area (Å²) in [4.78, 5) is 4.02. The van der Waals surface area contributed by atoms with Crippen molar-refractivity contribution in [2.75, 3.05) is 0 Å². The molecule has 0 fully saturated rings. The maximum atomic E-state index is 9.23. The van der Waals surface area contributed by atoms with Gasteiger partial charge in [-0.3, -0.25) is 0 Å². The summed E-state index contributed by atoms with van der Waals surface area (Å²) in [7, 11) is 0. The van der Waals surface area contributed by atoms with Crippen LogP contribution in [0.2, 0.25) is 0 Å². The third-order valence-corrected chi connectivity index (χ3v) is 1.83. The molecule has 2 rings (SSSR count). The number of benzene rings is 1. The highest BCUT2D eigenvalue weighted by Gasteiger charge is 1.96.